The van der Waals surface area contributed by atoms with Crippen molar-refractivity contribution in [2.45, 2.75) is 5.60 Å². The van der Waals surface area contributed by atoms with Gasteiger partial charge in [-0.2, -0.15) is 0 Å². The molecule has 0 saturated heterocycles. The van der Waals surface area contributed by atoms with Crippen molar-refractivity contribution in [3.05, 3.63) is 101 Å². The standard InChI is InChI=1S/C23H19F2N3O2/c1-26-21(29)14-11-12-19-20(13-14)28(2)22(27-19)23(30,15-7-3-5-9-17(15)24)16-8-4-6-10-18(16)25/h3-13,30H,1-2H3,(H,26,29). The Bertz CT molecular complexity index is 1220. The first-order chi connectivity index (χ1) is 14.4. The number of aliphatic hydroxyl groups is 1. The number of rotatable bonds is 4. The Morgan fingerprint density at radius 2 is 1.57 bits per heavy atom. The third-order valence-electron chi connectivity index (χ3n) is 5.22. The maximum atomic E-state index is 14.8. The molecular weight excluding hydrogens is 388 g/mol. The molecule has 0 radical (unpaired) electrons. The van der Waals surface area contributed by atoms with E-state index in [4.69, 9.17) is 0 Å². The maximum absolute atomic E-state index is 14.8. The van der Waals surface area contributed by atoms with E-state index < -0.39 is 17.2 Å². The summed E-state index contributed by atoms with van der Waals surface area (Å²) in [5.74, 6) is -1.64. The van der Waals surface area contributed by atoms with E-state index in [-0.39, 0.29) is 22.9 Å². The van der Waals surface area contributed by atoms with Crippen LogP contribution in [0.15, 0.2) is 66.7 Å². The maximum Gasteiger partial charge on any atom is 0.251 e. The number of aryl methyl sites for hydroxylation is 1. The number of carbonyl (C=O) groups excluding carboxylic acids is 1. The number of benzene rings is 3. The van der Waals surface area contributed by atoms with Crippen LogP contribution in [0.3, 0.4) is 0 Å². The number of imidazole rings is 1. The van der Waals surface area contributed by atoms with Crippen LogP contribution in [-0.4, -0.2) is 27.6 Å². The van der Waals surface area contributed by atoms with E-state index in [0.29, 0.717) is 16.6 Å². The monoisotopic (exact) mass is 407 g/mol. The molecule has 1 heterocycles. The van der Waals surface area contributed by atoms with Crippen LogP contribution in [0.1, 0.15) is 27.3 Å². The predicted octanol–water partition coefficient (Wildman–Crippen LogP) is 3.50. The molecule has 5 nitrogen and oxygen atoms in total. The van der Waals surface area contributed by atoms with Gasteiger partial charge in [0.15, 0.2) is 11.4 Å². The van der Waals surface area contributed by atoms with Crippen LogP contribution in [-0.2, 0) is 12.6 Å². The number of aromatic nitrogens is 2. The molecule has 152 valence electrons. The molecule has 0 saturated carbocycles. The second-order valence-electron chi connectivity index (χ2n) is 6.95. The fourth-order valence-corrected chi connectivity index (χ4v) is 3.69. The molecule has 0 unspecified atom stereocenters. The highest BCUT2D eigenvalue weighted by Crippen LogP contribution is 2.39. The summed E-state index contributed by atoms with van der Waals surface area (Å²) in [7, 11) is 3.15. The first kappa shape index (κ1) is 19.7. The summed E-state index contributed by atoms with van der Waals surface area (Å²) in [4.78, 5) is 16.5. The van der Waals surface area contributed by atoms with Crippen molar-refractivity contribution in [1.82, 2.24) is 14.9 Å². The van der Waals surface area contributed by atoms with E-state index >= 15 is 0 Å². The lowest BCUT2D eigenvalue weighted by Crippen LogP contribution is -2.34. The van der Waals surface area contributed by atoms with Gasteiger partial charge in [-0.15, -0.1) is 0 Å². The molecule has 1 aromatic heterocycles. The molecule has 2 N–H and O–H groups in total. The smallest absolute Gasteiger partial charge is 0.251 e. The van der Waals surface area contributed by atoms with Crippen molar-refractivity contribution < 1.29 is 18.7 Å². The molecule has 7 heteroatoms. The zero-order chi connectivity index (χ0) is 21.5. The lowest BCUT2D eigenvalue weighted by Gasteiger charge is -2.29. The van der Waals surface area contributed by atoms with Gasteiger partial charge in [0.25, 0.3) is 5.91 Å². The molecule has 0 bridgehead atoms. The van der Waals surface area contributed by atoms with E-state index in [1.165, 1.54) is 43.4 Å². The second-order valence-corrected chi connectivity index (χ2v) is 6.95. The Kier molecular flexibility index (Phi) is 4.83. The third kappa shape index (κ3) is 2.95. The lowest BCUT2D eigenvalue weighted by molar-refractivity contribution is 0.0963. The van der Waals surface area contributed by atoms with Crippen LogP contribution >= 0.6 is 0 Å². The Morgan fingerprint density at radius 3 is 2.10 bits per heavy atom. The summed E-state index contributed by atoms with van der Waals surface area (Å²) in [6, 6.07) is 16.2. The molecule has 1 amide bonds. The molecule has 0 spiro atoms. The van der Waals surface area contributed by atoms with Gasteiger partial charge in [-0.05, 0) is 30.3 Å². The minimum absolute atomic E-state index is 0.0294. The largest absolute Gasteiger partial charge is 0.373 e. The van der Waals surface area contributed by atoms with Gasteiger partial charge in [-0.25, -0.2) is 13.8 Å². The van der Waals surface area contributed by atoms with Crippen LogP contribution in [0.4, 0.5) is 8.78 Å². The van der Waals surface area contributed by atoms with Gasteiger partial charge < -0.3 is 15.0 Å². The van der Waals surface area contributed by atoms with Crippen molar-refractivity contribution in [3.63, 3.8) is 0 Å². The first-order valence-corrected chi connectivity index (χ1v) is 9.29. The fourth-order valence-electron chi connectivity index (χ4n) is 3.69. The zero-order valence-electron chi connectivity index (χ0n) is 16.4. The normalized spacial score (nSPS) is 11.6. The molecule has 0 aliphatic rings. The molecule has 4 rings (SSSR count). The summed E-state index contributed by atoms with van der Waals surface area (Å²) in [5, 5.41) is 14.4. The van der Waals surface area contributed by atoms with Crippen molar-refractivity contribution >= 4 is 16.9 Å². The van der Waals surface area contributed by atoms with Crippen LogP contribution in [0, 0.1) is 11.6 Å². The molecule has 3 aromatic carbocycles. The van der Waals surface area contributed by atoms with Crippen LogP contribution in [0.2, 0.25) is 0 Å². The second kappa shape index (κ2) is 7.35. The first-order valence-electron chi connectivity index (χ1n) is 9.29. The van der Waals surface area contributed by atoms with E-state index in [1.807, 2.05) is 0 Å². The number of carbonyl (C=O) groups is 1. The van der Waals surface area contributed by atoms with Crippen LogP contribution in [0.25, 0.3) is 11.0 Å². The number of nitrogens with zero attached hydrogens (tertiary/aromatic N) is 2. The van der Waals surface area contributed by atoms with Gasteiger partial charge in [-0.1, -0.05) is 36.4 Å². The van der Waals surface area contributed by atoms with Gasteiger partial charge >= 0.3 is 0 Å². The SMILES string of the molecule is CNC(=O)c1ccc2nc(C(O)(c3ccccc3F)c3ccccc3F)n(C)c2c1. The molecular formula is C23H19F2N3O2. The summed E-state index contributed by atoms with van der Waals surface area (Å²) in [6.07, 6.45) is 0. The lowest BCUT2D eigenvalue weighted by atomic mass is 9.84. The quantitative estimate of drug-likeness (QED) is 0.544. The number of hydrogen-bond acceptors (Lipinski definition) is 3. The average Bonchev–Trinajstić information content (AvgIpc) is 3.09. The Balaban J connectivity index is 2.05. The van der Waals surface area contributed by atoms with Crippen LogP contribution in [0.5, 0.6) is 0 Å². The molecule has 0 atom stereocenters. The van der Waals surface area contributed by atoms with E-state index in [2.05, 4.69) is 10.3 Å². The van der Waals surface area contributed by atoms with Crippen molar-refractivity contribution in [3.8, 4) is 0 Å². The van der Waals surface area contributed by atoms with E-state index in [1.54, 1.807) is 41.9 Å². The van der Waals surface area contributed by atoms with Crippen LogP contribution < -0.4 is 5.32 Å². The van der Waals surface area contributed by atoms with Crippen molar-refractivity contribution in [1.29, 1.82) is 0 Å². The van der Waals surface area contributed by atoms with E-state index in [0.717, 1.165) is 0 Å². The Morgan fingerprint density at radius 1 is 1.00 bits per heavy atom. The molecule has 4 aromatic rings. The molecule has 0 aliphatic heterocycles. The number of nitrogens with one attached hydrogen (secondary N) is 1. The number of halogens is 2. The molecule has 0 fully saturated rings. The molecule has 30 heavy (non-hydrogen) atoms. The highest BCUT2D eigenvalue weighted by molar-refractivity contribution is 5.97. The van der Waals surface area contributed by atoms with Crippen molar-refractivity contribution in [2.75, 3.05) is 7.05 Å². The summed E-state index contributed by atoms with van der Waals surface area (Å²) in [5.41, 5.74) is -1.03. The number of hydrogen-bond donors (Lipinski definition) is 2. The average molecular weight is 407 g/mol. The third-order valence-corrected chi connectivity index (χ3v) is 5.22. The minimum atomic E-state index is -2.20. The van der Waals surface area contributed by atoms with Gasteiger partial charge in [0, 0.05) is 30.8 Å². The summed E-state index contributed by atoms with van der Waals surface area (Å²) < 4.78 is 31.2. The van der Waals surface area contributed by atoms with Gasteiger partial charge in [0.1, 0.15) is 11.6 Å². The highest BCUT2D eigenvalue weighted by Gasteiger charge is 2.42. The topological polar surface area (TPSA) is 67.2 Å². The van der Waals surface area contributed by atoms with Gasteiger partial charge in [-0.3, -0.25) is 4.79 Å². The summed E-state index contributed by atoms with van der Waals surface area (Å²) >= 11 is 0. The zero-order valence-corrected chi connectivity index (χ0v) is 16.4. The summed E-state index contributed by atoms with van der Waals surface area (Å²) in [6.45, 7) is 0. The highest BCUT2D eigenvalue weighted by atomic mass is 19.1. The van der Waals surface area contributed by atoms with Gasteiger partial charge in [0.05, 0.1) is 11.0 Å². The Labute approximate surface area is 171 Å². The van der Waals surface area contributed by atoms with Crippen molar-refractivity contribution in [2.24, 2.45) is 7.05 Å². The predicted molar refractivity (Wildman–Crippen MR) is 109 cm³/mol. The molecule has 0 aliphatic carbocycles. The number of fused-ring (bicyclic) bond motifs is 1. The minimum Gasteiger partial charge on any atom is -0.373 e. The fraction of sp³-hybridized carbons (Fsp3) is 0.130. The van der Waals surface area contributed by atoms with Gasteiger partial charge in [0.2, 0.25) is 0 Å². The van der Waals surface area contributed by atoms with E-state index in [9.17, 15) is 18.7 Å². The number of amides is 1. The Hall–Kier alpha value is -3.58.